The molecule has 3 rings (SSSR count). The average Bonchev–Trinajstić information content (AvgIpc) is 2.53. The van der Waals surface area contributed by atoms with Crippen molar-refractivity contribution in [3.05, 3.63) is 29.3 Å². The molecule has 2 aliphatic heterocycles. The highest BCUT2D eigenvalue weighted by molar-refractivity contribution is 6.06. The summed E-state index contributed by atoms with van der Waals surface area (Å²) >= 11 is 0. The Hall–Kier alpha value is -2.34. The van der Waals surface area contributed by atoms with Gasteiger partial charge in [0.15, 0.2) is 18.2 Å². The van der Waals surface area contributed by atoms with Crippen LogP contribution < -0.4 is 4.74 Å². The van der Waals surface area contributed by atoms with Crippen LogP contribution >= 0.6 is 0 Å². The number of ketones is 1. The van der Waals surface area contributed by atoms with E-state index in [2.05, 4.69) is 0 Å². The Morgan fingerprint density at radius 1 is 1.36 bits per heavy atom. The number of hydrogen-bond donors (Lipinski definition) is 1. The van der Waals surface area contributed by atoms with E-state index in [1.165, 1.54) is 13.0 Å². The first-order valence-electron chi connectivity index (χ1n) is 7.15. The number of ether oxygens (including phenoxy) is 2. The highest BCUT2D eigenvalue weighted by Crippen LogP contribution is 2.39. The summed E-state index contributed by atoms with van der Waals surface area (Å²) in [6.45, 7) is 3.83. The number of phenols is 1. The quantitative estimate of drug-likeness (QED) is 0.839. The third kappa shape index (κ3) is 2.46. The lowest BCUT2D eigenvalue weighted by Crippen LogP contribution is -2.40. The van der Waals surface area contributed by atoms with Gasteiger partial charge in [0.1, 0.15) is 11.5 Å². The maximum absolute atomic E-state index is 12.1. The molecular weight excluding hydrogens is 286 g/mol. The van der Waals surface area contributed by atoms with Crippen LogP contribution in [0.15, 0.2) is 23.8 Å². The molecule has 1 saturated heterocycles. The number of morpholine rings is 1. The molecule has 1 atom stereocenters. The van der Waals surface area contributed by atoms with Gasteiger partial charge in [-0.2, -0.15) is 0 Å². The molecule has 0 spiro atoms. The van der Waals surface area contributed by atoms with Gasteiger partial charge >= 0.3 is 0 Å². The van der Waals surface area contributed by atoms with Crippen LogP contribution in [0.1, 0.15) is 12.5 Å². The van der Waals surface area contributed by atoms with E-state index in [-0.39, 0.29) is 11.5 Å². The third-order valence-electron chi connectivity index (χ3n) is 3.84. The van der Waals surface area contributed by atoms with E-state index in [0.29, 0.717) is 55.2 Å². The van der Waals surface area contributed by atoms with Gasteiger partial charge < -0.3 is 19.5 Å². The minimum Gasteiger partial charge on any atom is -0.508 e. The maximum Gasteiger partial charge on any atom is 0.184 e. The molecular formula is C16H17NO5. The van der Waals surface area contributed by atoms with E-state index in [9.17, 15) is 14.7 Å². The number of carbonyl (C=O) groups excluding carboxylic acids is 2. The molecule has 0 radical (unpaired) electrons. The number of Topliss-reactive ketones (excluding diaryl/α,β-unsaturated/α-hetero) is 1. The fourth-order valence-electron chi connectivity index (χ4n) is 2.87. The van der Waals surface area contributed by atoms with Crippen LogP contribution in [-0.2, 0) is 14.3 Å². The van der Waals surface area contributed by atoms with Gasteiger partial charge in [0.05, 0.1) is 24.5 Å². The Kier molecular flexibility index (Phi) is 3.85. The molecule has 0 saturated carbocycles. The first-order valence-corrected chi connectivity index (χ1v) is 7.15. The van der Waals surface area contributed by atoms with Crippen molar-refractivity contribution in [3.8, 4) is 11.5 Å². The lowest BCUT2D eigenvalue weighted by molar-refractivity contribution is -0.118. The van der Waals surface area contributed by atoms with Gasteiger partial charge in [-0.15, -0.1) is 0 Å². The Morgan fingerprint density at radius 2 is 2.09 bits per heavy atom. The predicted molar refractivity (Wildman–Crippen MR) is 78.6 cm³/mol. The Morgan fingerprint density at radius 3 is 2.73 bits per heavy atom. The second kappa shape index (κ2) is 5.81. The SMILES string of the molecule is CC(=O)C1=C(N2CCOCC2)c2ccc(O)cc2OC1C=O. The van der Waals surface area contributed by atoms with Gasteiger partial charge in [0, 0.05) is 24.7 Å². The third-order valence-corrected chi connectivity index (χ3v) is 3.84. The van der Waals surface area contributed by atoms with Crippen LogP contribution in [0, 0.1) is 0 Å². The van der Waals surface area contributed by atoms with Crippen LogP contribution in [0.2, 0.25) is 0 Å². The topological polar surface area (TPSA) is 76.1 Å². The van der Waals surface area contributed by atoms with Crippen molar-refractivity contribution in [3.63, 3.8) is 0 Å². The number of hydrogen-bond acceptors (Lipinski definition) is 6. The van der Waals surface area contributed by atoms with Crippen molar-refractivity contribution in [2.24, 2.45) is 0 Å². The lowest BCUT2D eigenvalue weighted by atomic mass is 9.94. The summed E-state index contributed by atoms with van der Waals surface area (Å²) in [4.78, 5) is 25.5. The standard InChI is InChI=1S/C16H17NO5/c1-10(19)15-14(9-18)22-13-8-11(20)2-3-12(13)16(15)17-4-6-21-7-5-17/h2-3,8-9,14,20H,4-7H2,1H3. The number of rotatable bonds is 3. The summed E-state index contributed by atoms with van der Waals surface area (Å²) in [6, 6.07) is 4.71. The lowest BCUT2D eigenvalue weighted by Gasteiger charge is -2.37. The summed E-state index contributed by atoms with van der Waals surface area (Å²) in [5.41, 5.74) is 1.77. The van der Waals surface area contributed by atoms with Crippen molar-refractivity contribution in [2.75, 3.05) is 26.3 Å². The molecule has 0 aliphatic carbocycles. The first-order chi connectivity index (χ1) is 10.6. The number of carbonyl (C=O) groups is 2. The van der Waals surface area contributed by atoms with E-state index in [4.69, 9.17) is 9.47 Å². The van der Waals surface area contributed by atoms with E-state index in [0.717, 1.165) is 0 Å². The molecule has 1 fully saturated rings. The number of fused-ring (bicyclic) bond motifs is 1. The normalized spacial score (nSPS) is 21.1. The van der Waals surface area contributed by atoms with Gasteiger partial charge in [0.25, 0.3) is 0 Å². The Bertz CT molecular complexity index is 646. The highest BCUT2D eigenvalue weighted by Gasteiger charge is 2.34. The van der Waals surface area contributed by atoms with E-state index in [1.54, 1.807) is 12.1 Å². The zero-order valence-electron chi connectivity index (χ0n) is 12.2. The molecule has 6 heteroatoms. The van der Waals surface area contributed by atoms with Gasteiger partial charge in [-0.05, 0) is 19.1 Å². The van der Waals surface area contributed by atoms with Crippen molar-refractivity contribution < 1.29 is 24.2 Å². The number of benzene rings is 1. The van der Waals surface area contributed by atoms with Gasteiger partial charge in [0.2, 0.25) is 0 Å². The molecule has 0 amide bonds. The average molecular weight is 303 g/mol. The number of aromatic hydroxyl groups is 1. The van der Waals surface area contributed by atoms with Gasteiger partial charge in [-0.1, -0.05) is 0 Å². The van der Waals surface area contributed by atoms with Crippen molar-refractivity contribution in [2.45, 2.75) is 13.0 Å². The smallest absolute Gasteiger partial charge is 0.184 e. The zero-order valence-corrected chi connectivity index (χ0v) is 12.2. The molecule has 6 nitrogen and oxygen atoms in total. The summed E-state index contributed by atoms with van der Waals surface area (Å²) in [7, 11) is 0. The van der Waals surface area contributed by atoms with E-state index < -0.39 is 6.10 Å². The largest absolute Gasteiger partial charge is 0.508 e. The molecule has 0 bridgehead atoms. The Balaban J connectivity index is 2.19. The first kappa shape index (κ1) is 14.6. The molecule has 1 aromatic rings. The molecule has 1 unspecified atom stereocenters. The molecule has 1 N–H and O–H groups in total. The summed E-state index contributed by atoms with van der Waals surface area (Å²) in [6.07, 6.45) is -0.339. The number of aldehydes is 1. The van der Waals surface area contributed by atoms with Gasteiger partial charge in [-0.25, -0.2) is 0 Å². The molecule has 1 aromatic carbocycles. The summed E-state index contributed by atoms with van der Waals surface area (Å²) in [5, 5.41) is 9.63. The van der Waals surface area contributed by atoms with Crippen LogP contribution in [0.5, 0.6) is 11.5 Å². The van der Waals surface area contributed by atoms with Crippen LogP contribution in [0.4, 0.5) is 0 Å². The molecule has 2 heterocycles. The van der Waals surface area contributed by atoms with Crippen molar-refractivity contribution in [1.82, 2.24) is 4.90 Å². The van der Waals surface area contributed by atoms with Crippen molar-refractivity contribution >= 4 is 17.8 Å². The molecule has 22 heavy (non-hydrogen) atoms. The fourth-order valence-corrected chi connectivity index (χ4v) is 2.87. The minimum atomic E-state index is -0.954. The molecule has 2 aliphatic rings. The molecule has 116 valence electrons. The molecule has 0 aromatic heterocycles. The summed E-state index contributed by atoms with van der Waals surface area (Å²) in [5.74, 6) is 0.261. The number of nitrogens with zero attached hydrogens (tertiary/aromatic N) is 1. The zero-order chi connectivity index (χ0) is 15.7. The fraction of sp³-hybridized carbons (Fsp3) is 0.375. The highest BCUT2D eigenvalue weighted by atomic mass is 16.5. The van der Waals surface area contributed by atoms with Crippen molar-refractivity contribution in [1.29, 1.82) is 0 Å². The maximum atomic E-state index is 12.1. The monoisotopic (exact) mass is 303 g/mol. The number of phenolic OH excluding ortho intramolecular Hbond substituents is 1. The second-order valence-electron chi connectivity index (χ2n) is 5.27. The van der Waals surface area contributed by atoms with Crippen LogP contribution in [-0.4, -0.2) is 54.5 Å². The minimum absolute atomic E-state index is 0.0519. The van der Waals surface area contributed by atoms with Gasteiger partial charge in [-0.3, -0.25) is 9.59 Å². The van der Waals surface area contributed by atoms with Crippen LogP contribution in [0.3, 0.4) is 0 Å². The summed E-state index contributed by atoms with van der Waals surface area (Å²) < 4.78 is 10.9. The second-order valence-corrected chi connectivity index (χ2v) is 5.27. The predicted octanol–water partition coefficient (Wildman–Crippen LogP) is 0.984. The van der Waals surface area contributed by atoms with E-state index in [1.807, 2.05) is 4.90 Å². The Labute approximate surface area is 127 Å². The van der Waals surface area contributed by atoms with Crippen LogP contribution in [0.25, 0.3) is 5.70 Å². The van der Waals surface area contributed by atoms with E-state index >= 15 is 0 Å².